The predicted octanol–water partition coefficient (Wildman–Crippen LogP) is 2.21. The van der Waals surface area contributed by atoms with Crippen molar-refractivity contribution < 1.29 is 0 Å². The van der Waals surface area contributed by atoms with Crippen LogP contribution in [0.2, 0.25) is 0 Å². The van der Waals surface area contributed by atoms with Crippen molar-refractivity contribution in [3.05, 3.63) is 18.1 Å². The molecule has 100 valence electrons. The Hall–Kier alpha value is -1.16. The van der Waals surface area contributed by atoms with Crippen LogP contribution in [-0.4, -0.2) is 30.1 Å². The molecule has 1 N–H and O–H groups in total. The van der Waals surface area contributed by atoms with Gasteiger partial charge in [-0.05, 0) is 38.6 Å². The van der Waals surface area contributed by atoms with Crippen LogP contribution in [0, 0.1) is 5.92 Å². The van der Waals surface area contributed by atoms with Crippen molar-refractivity contribution in [2.45, 2.75) is 45.2 Å². The summed E-state index contributed by atoms with van der Waals surface area (Å²) in [7, 11) is 4.13. The average molecular weight is 248 g/mol. The van der Waals surface area contributed by atoms with E-state index in [9.17, 15) is 0 Å². The monoisotopic (exact) mass is 248 g/mol. The highest BCUT2D eigenvalue weighted by Gasteiger charge is 2.23. The summed E-state index contributed by atoms with van der Waals surface area (Å²) in [6, 6.07) is 0.631. The van der Waals surface area contributed by atoms with Crippen molar-refractivity contribution in [3.63, 3.8) is 0 Å². The van der Waals surface area contributed by atoms with Gasteiger partial charge in [0.1, 0.15) is 12.1 Å². The van der Waals surface area contributed by atoms with Crippen LogP contribution < -0.4 is 10.2 Å². The highest BCUT2D eigenvalue weighted by Crippen LogP contribution is 2.29. The summed E-state index contributed by atoms with van der Waals surface area (Å²) in [6.45, 7) is 3.18. The highest BCUT2D eigenvalue weighted by atomic mass is 15.2. The lowest BCUT2D eigenvalue weighted by Crippen LogP contribution is -2.36. The number of rotatable bonds is 4. The number of hydrogen-bond donors (Lipinski definition) is 1. The molecule has 0 amide bonds. The molecule has 0 bridgehead atoms. The fourth-order valence-electron chi connectivity index (χ4n) is 2.79. The minimum absolute atomic E-state index is 0.631. The van der Waals surface area contributed by atoms with Gasteiger partial charge in [-0.25, -0.2) is 9.97 Å². The van der Waals surface area contributed by atoms with Crippen LogP contribution in [0.15, 0.2) is 12.5 Å². The minimum atomic E-state index is 0.631. The molecule has 0 aliphatic heterocycles. The minimum Gasteiger partial charge on any atom is -0.356 e. The number of hydrogen-bond acceptors (Lipinski definition) is 4. The fourth-order valence-corrected chi connectivity index (χ4v) is 2.79. The molecular weight excluding hydrogens is 224 g/mol. The zero-order valence-electron chi connectivity index (χ0n) is 11.7. The Morgan fingerprint density at radius 2 is 2.06 bits per heavy atom. The maximum absolute atomic E-state index is 4.47. The summed E-state index contributed by atoms with van der Waals surface area (Å²) < 4.78 is 0. The molecule has 1 aromatic heterocycles. The van der Waals surface area contributed by atoms with Gasteiger partial charge >= 0.3 is 0 Å². The van der Waals surface area contributed by atoms with E-state index in [4.69, 9.17) is 0 Å². The van der Waals surface area contributed by atoms with Crippen molar-refractivity contribution >= 4 is 5.82 Å². The van der Waals surface area contributed by atoms with Crippen molar-refractivity contribution in [1.82, 2.24) is 15.3 Å². The lowest BCUT2D eigenvalue weighted by Gasteiger charge is -2.35. The van der Waals surface area contributed by atoms with E-state index in [1.807, 2.05) is 13.2 Å². The first-order valence-electron chi connectivity index (χ1n) is 6.88. The average Bonchev–Trinajstić information content (AvgIpc) is 2.40. The van der Waals surface area contributed by atoms with E-state index >= 15 is 0 Å². The fraction of sp³-hybridized carbons (Fsp3) is 0.714. The van der Waals surface area contributed by atoms with Gasteiger partial charge in [0.15, 0.2) is 0 Å². The van der Waals surface area contributed by atoms with Crippen molar-refractivity contribution in [3.8, 4) is 0 Å². The molecule has 1 aromatic rings. The van der Waals surface area contributed by atoms with Crippen molar-refractivity contribution in [2.75, 3.05) is 19.0 Å². The van der Waals surface area contributed by atoms with E-state index < -0.39 is 0 Å². The predicted molar refractivity (Wildman–Crippen MR) is 74.6 cm³/mol. The Bertz CT molecular complexity index is 372. The Balaban J connectivity index is 2.10. The number of nitrogens with zero attached hydrogens (tertiary/aromatic N) is 3. The SMILES string of the molecule is CNCc1cncnc1N(C)C1CCC(C)CC1. The molecule has 0 unspecified atom stereocenters. The molecule has 0 saturated heterocycles. The molecule has 0 radical (unpaired) electrons. The van der Waals surface area contributed by atoms with E-state index in [1.54, 1.807) is 6.33 Å². The first-order valence-corrected chi connectivity index (χ1v) is 6.88. The van der Waals surface area contributed by atoms with Crippen LogP contribution in [0.1, 0.15) is 38.2 Å². The molecule has 1 aliphatic rings. The van der Waals surface area contributed by atoms with Crippen molar-refractivity contribution in [1.29, 1.82) is 0 Å². The van der Waals surface area contributed by atoms with E-state index in [2.05, 4.69) is 34.2 Å². The van der Waals surface area contributed by atoms with Crippen LogP contribution in [0.3, 0.4) is 0 Å². The Kier molecular flexibility index (Phi) is 4.53. The Morgan fingerprint density at radius 3 is 2.72 bits per heavy atom. The molecule has 2 rings (SSSR count). The maximum atomic E-state index is 4.47. The quantitative estimate of drug-likeness (QED) is 0.887. The van der Waals surface area contributed by atoms with Crippen LogP contribution in [0.4, 0.5) is 5.82 Å². The number of anilines is 1. The lowest BCUT2D eigenvalue weighted by molar-refractivity contribution is 0.339. The zero-order valence-corrected chi connectivity index (χ0v) is 11.7. The summed E-state index contributed by atoms with van der Waals surface area (Å²) in [5.74, 6) is 1.97. The van der Waals surface area contributed by atoms with Gasteiger partial charge in [-0.3, -0.25) is 0 Å². The second-order valence-electron chi connectivity index (χ2n) is 5.43. The topological polar surface area (TPSA) is 41.1 Å². The van der Waals surface area contributed by atoms with Crippen LogP contribution in [0.5, 0.6) is 0 Å². The van der Waals surface area contributed by atoms with E-state index in [1.165, 1.54) is 31.2 Å². The molecular formula is C14H24N4. The second kappa shape index (κ2) is 6.14. The van der Waals surface area contributed by atoms with Gasteiger partial charge in [-0.1, -0.05) is 6.92 Å². The molecule has 1 heterocycles. The largest absolute Gasteiger partial charge is 0.356 e. The summed E-state index contributed by atoms with van der Waals surface area (Å²) >= 11 is 0. The first kappa shape index (κ1) is 13.3. The molecule has 0 aromatic carbocycles. The lowest BCUT2D eigenvalue weighted by atomic mass is 9.86. The number of aromatic nitrogens is 2. The van der Waals surface area contributed by atoms with Crippen LogP contribution in [-0.2, 0) is 6.54 Å². The van der Waals surface area contributed by atoms with Gasteiger partial charge in [0, 0.05) is 31.4 Å². The van der Waals surface area contributed by atoms with Crippen LogP contribution >= 0.6 is 0 Å². The normalized spacial score (nSPS) is 23.9. The zero-order chi connectivity index (χ0) is 13.0. The van der Waals surface area contributed by atoms with E-state index in [0.717, 1.165) is 18.3 Å². The van der Waals surface area contributed by atoms with Gasteiger partial charge in [-0.15, -0.1) is 0 Å². The maximum Gasteiger partial charge on any atom is 0.136 e. The summed E-state index contributed by atoms with van der Waals surface area (Å²) in [6.07, 6.45) is 8.79. The summed E-state index contributed by atoms with van der Waals surface area (Å²) in [5, 5.41) is 3.18. The molecule has 4 heteroatoms. The summed E-state index contributed by atoms with van der Waals surface area (Å²) in [5.41, 5.74) is 1.18. The Labute approximate surface area is 110 Å². The third-order valence-corrected chi connectivity index (χ3v) is 4.00. The van der Waals surface area contributed by atoms with Gasteiger partial charge < -0.3 is 10.2 Å². The smallest absolute Gasteiger partial charge is 0.136 e. The third-order valence-electron chi connectivity index (χ3n) is 4.00. The summed E-state index contributed by atoms with van der Waals surface area (Å²) in [4.78, 5) is 10.9. The first-order chi connectivity index (χ1) is 8.72. The van der Waals surface area contributed by atoms with E-state index in [0.29, 0.717) is 6.04 Å². The van der Waals surface area contributed by atoms with Gasteiger partial charge in [-0.2, -0.15) is 0 Å². The highest BCUT2D eigenvalue weighted by molar-refractivity contribution is 5.45. The van der Waals surface area contributed by atoms with Gasteiger partial charge in [0.2, 0.25) is 0 Å². The molecule has 0 spiro atoms. The van der Waals surface area contributed by atoms with Crippen LogP contribution in [0.25, 0.3) is 0 Å². The van der Waals surface area contributed by atoms with E-state index in [-0.39, 0.29) is 0 Å². The number of nitrogens with one attached hydrogen (secondary N) is 1. The third kappa shape index (κ3) is 2.99. The molecule has 1 saturated carbocycles. The molecule has 1 fully saturated rings. The molecule has 4 nitrogen and oxygen atoms in total. The molecule has 18 heavy (non-hydrogen) atoms. The van der Waals surface area contributed by atoms with Crippen molar-refractivity contribution in [2.24, 2.45) is 5.92 Å². The standard InChI is InChI=1S/C14H24N4/c1-11-4-6-13(7-5-11)18(3)14-12(8-15-2)9-16-10-17-14/h9-11,13,15H,4-8H2,1-3H3. The van der Waals surface area contributed by atoms with Gasteiger partial charge in [0.25, 0.3) is 0 Å². The molecule has 1 aliphatic carbocycles. The second-order valence-corrected chi connectivity index (χ2v) is 5.43. The van der Waals surface area contributed by atoms with Gasteiger partial charge in [0.05, 0.1) is 0 Å². The molecule has 0 atom stereocenters. The Morgan fingerprint density at radius 1 is 1.33 bits per heavy atom.